The second kappa shape index (κ2) is 8.91. The molecule has 2 aliphatic rings. The van der Waals surface area contributed by atoms with E-state index >= 15 is 0 Å². The average Bonchev–Trinajstić information content (AvgIpc) is 3.03. The van der Waals surface area contributed by atoms with Crippen LogP contribution in [0.4, 0.5) is 13.6 Å². The maximum Gasteiger partial charge on any atom is 0.513 e. The van der Waals surface area contributed by atoms with Gasteiger partial charge in [0.05, 0.1) is 29.5 Å². The van der Waals surface area contributed by atoms with Crippen LogP contribution in [0.25, 0.3) is 0 Å². The SMILES string of the molecule is COCCOC(=O)OC1=C(C)NC2=C(C(=O)OC2)C1c1ccccc1OC(F)F. The largest absolute Gasteiger partial charge is 0.513 e. The van der Waals surface area contributed by atoms with Crippen molar-refractivity contribution in [2.45, 2.75) is 19.5 Å². The number of carbonyl (C=O) groups excluding carboxylic acids is 2. The number of nitrogens with one attached hydrogen (secondary N) is 1. The lowest BCUT2D eigenvalue weighted by molar-refractivity contribution is -0.136. The number of rotatable bonds is 7. The van der Waals surface area contributed by atoms with Crippen LogP contribution in [-0.4, -0.2) is 45.7 Å². The Hall–Kier alpha value is -3.14. The Kier molecular flexibility index (Phi) is 6.32. The van der Waals surface area contributed by atoms with Crippen LogP contribution in [0.15, 0.2) is 47.0 Å². The molecule has 1 unspecified atom stereocenters. The minimum atomic E-state index is -3.07. The van der Waals surface area contributed by atoms with Gasteiger partial charge < -0.3 is 29.0 Å². The first-order valence-corrected chi connectivity index (χ1v) is 8.67. The Bertz CT molecular complexity index is 866. The van der Waals surface area contributed by atoms with Crippen molar-refractivity contribution < 1.29 is 42.1 Å². The van der Waals surface area contributed by atoms with Crippen molar-refractivity contribution >= 4 is 12.1 Å². The molecule has 0 radical (unpaired) electrons. The summed E-state index contributed by atoms with van der Waals surface area (Å²) >= 11 is 0. The summed E-state index contributed by atoms with van der Waals surface area (Å²) in [5.41, 5.74) is 1.24. The van der Waals surface area contributed by atoms with Crippen molar-refractivity contribution in [3.63, 3.8) is 0 Å². The van der Waals surface area contributed by atoms with Crippen LogP contribution in [0.1, 0.15) is 18.4 Å². The van der Waals surface area contributed by atoms with Crippen LogP contribution < -0.4 is 10.1 Å². The van der Waals surface area contributed by atoms with Gasteiger partial charge in [0.25, 0.3) is 0 Å². The molecule has 0 amide bonds. The second-order valence-corrected chi connectivity index (χ2v) is 6.13. The van der Waals surface area contributed by atoms with Crippen molar-refractivity contribution in [1.29, 1.82) is 0 Å². The number of ether oxygens (including phenoxy) is 5. The number of carbonyl (C=O) groups is 2. The molecule has 0 saturated heterocycles. The standard InChI is InChI=1S/C19H19F2NO7/c1-10-16(29-19(24)26-8-7-25-2)14(15-12(22-10)9-27-17(15)23)11-5-3-4-6-13(11)28-18(20)21/h3-6,14,18,22H,7-9H2,1-2H3. The Morgan fingerprint density at radius 3 is 2.79 bits per heavy atom. The number of allylic oxidation sites excluding steroid dienone is 2. The normalized spacial score (nSPS) is 18.4. The summed E-state index contributed by atoms with van der Waals surface area (Å²) in [6.45, 7) is -1.34. The molecule has 1 aromatic carbocycles. The Morgan fingerprint density at radius 1 is 1.31 bits per heavy atom. The third kappa shape index (κ3) is 4.48. The lowest BCUT2D eigenvalue weighted by Gasteiger charge is -2.28. The van der Waals surface area contributed by atoms with E-state index in [0.717, 1.165) is 0 Å². The number of dihydropyridines is 1. The minimum absolute atomic E-state index is 0.00849. The van der Waals surface area contributed by atoms with Gasteiger partial charge in [-0.25, -0.2) is 9.59 Å². The van der Waals surface area contributed by atoms with Crippen molar-refractivity contribution in [3.8, 4) is 5.75 Å². The second-order valence-electron chi connectivity index (χ2n) is 6.13. The third-order valence-corrected chi connectivity index (χ3v) is 4.30. The molecule has 10 heteroatoms. The van der Waals surface area contributed by atoms with E-state index in [9.17, 15) is 18.4 Å². The van der Waals surface area contributed by atoms with Crippen LogP contribution in [0.5, 0.6) is 5.75 Å². The number of benzene rings is 1. The van der Waals surface area contributed by atoms with Gasteiger partial charge in [-0.05, 0) is 13.0 Å². The number of hydrogen-bond donors (Lipinski definition) is 1. The summed E-state index contributed by atoms with van der Waals surface area (Å²) in [5, 5.41) is 2.96. The highest BCUT2D eigenvalue weighted by Gasteiger charge is 2.42. The van der Waals surface area contributed by atoms with E-state index in [1.807, 2.05) is 0 Å². The summed E-state index contributed by atoms with van der Waals surface area (Å²) in [7, 11) is 1.45. The van der Waals surface area contributed by atoms with Crippen LogP contribution in [0.3, 0.4) is 0 Å². The van der Waals surface area contributed by atoms with Gasteiger partial charge in [0.2, 0.25) is 0 Å². The molecular weight excluding hydrogens is 392 g/mol. The topological polar surface area (TPSA) is 92.3 Å². The van der Waals surface area contributed by atoms with Gasteiger partial charge in [-0.2, -0.15) is 8.78 Å². The van der Waals surface area contributed by atoms with Crippen LogP contribution in [0, 0.1) is 0 Å². The maximum absolute atomic E-state index is 12.9. The molecule has 0 aliphatic carbocycles. The monoisotopic (exact) mass is 411 g/mol. The fourth-order valence-electron chi connectivity index (χ4n) is 3.13. The van der Waals surface area contributed by atoms with Gasteiger partial charge in [-0.1, -0.05) is 18.2 Å². The molecule has 0 aromatic heterocycles. The van der Waals surface area contributed by atoms with E-state index in [4.69, 9.17) is 18.9 Å². The predicted octanol–water partition coefficient (Wildman–Crippen LogP) is 2.82. The average molecular weight is 411 g/mol. The zero-order valence-electron chi connectivity index (χ0n) is 15.7. The molecule has 3 rings (SSSR count). The number of halogens is 2. The number of esters is 1. The highest BCUT2D eigenvalue weighted by molar-refractivity contribution is 5.95. The quantitative estimate of drug-likeness (QED) is 0.541. The summed E-state index contributed by atoms with van der Waals surface area (Å²) < 4.78 is 50.6. The molecule has 29 heavy (non-hydrogen) atoms. The molecular formula is C19H19F2NO7. The molecule has 0 bridgehead atoms. The Morgan fingerprint density at radius 2 is 2.07 bits per heavy atom. The van der Waals surface area contributed by atoms with E-state index < -0.39 is 24.7 Å². The fourth-order valence-corrected chi connectivity index (χ4v) is 3.13. The fraction of sp³-hybridized carbons (Fsp3) is 0.368. The van der Waals surface area contributed by atoms with Crippen molar-refractivity contribution in [2.24, 2.45) is 0 Å². The zero-order valence-corrected chi connectivity index (χ0v) is 15.7. The molecule has 0 spiro atoms. The highest BCUT2D eigenvalue weighted by atomic mass is 19.3. The smallest absolute Gasteiger partial charge is 0.456 e. The number of para-hydroxylation sites is 1. The zero-order chi connectivity index (χ0) is 21.0. The van der Waals surface area contributed by atoms with Crippen LogP contribution in [0.2, 0.25) is 0 Å². The minimum Gasteiger partial charge on any atom is -0.456 e. The van der Waals surface area contributed by atoms with E-state index in [0.29, 0.717) is 11.4 Å². The first-order chi connectivity index (χ1) is 13.9. The maximum atomic E-state index is 12.9. The first kappa shape index (κ1) is 20.6. The number of alkyl halides is 2. The summed E-state index contributed by atoms with van der Waals surface area (Å²) in [6, 6.07) is 5.96. The van der Waals surface area contributed by atoms with Crippen LogP contribution in [-0.2, 0) is 23.7 Å². The third-order valence-electron chi connectivity index (χ3n) is 4.30. The first-order valence-electron chi connectivity index (χ1n) is 8.67. The van der Waals surface area contributed by atoms with Gasteiger partial charge >= 0.3 is 18.7 Å². The molecule has 1 N–H and O–H groups in total. The van der Waals surface area contributed by atoms with Gasteiger partial charge in [0.1, 0.15) is 24.7 Å². The summed E-state index contributed by atoms with van der Waals surface area (Å²) in [6.07, 6.45) is -1.02. The highest BCUT2D eigenvalue weighted by Crippen LogP contribution is 2.44. The molecule has 8 nitrogen and oxygen atoms in total. The van der Waals surface area contributed by atoms with Crippen molar-refractivity contribution in [2.75, 3.05) is 26.9 Å². The Labute approximate surface area is 165 Å². The molecule has 1 aromatic rings. The van der Waals surface area contributed by atoms with E-state index in [-0.39, 0.29) is 42.5 Å². The number of cyclic esters (lactones) is 1. The van der Waals surface area contributed by atoms with E-state index in [1.54, 1.807) is 13.0 Å². The van der Waals surface area contributed by atoms with Gasteiger partial charge in [0.15, 0.2) is 0 Å². The molecule has 0 saturated carbocycles. The molecule has 0 fully saturated rings. The van der Waals surface area contributed by atoms with Gasteiger partial charge in [-0.3, -0.25) is 0 Å². The Balaban J connectivity index is 2.00. The number of hydrogen-bond acceptors (Lipinski definition) is 8. The molecule has 156 valence electrons. The predicted molar refractivity (Wildman–Crippen MR) is 93.9 cm³/mol. The van der Waals surface area contributed by atoms with Gasteiger partial charge in [0, 0.05) is 12.7 Å². The van der Waals surface area contributed by atoms with Crippen LogP contribution >= 0.6 is 0 Å². The summed E-state index contributed by atoms with van der Waals surface area (Å²) in [5.74, 6) is -1.77. The molecule has 2 heterocycles. The number of methoxy groups -OCH3 is 1. The van der Waals surface area contributed by atoms with E-state index in [2.05, 4.69) is 10.1 Å². The van der Waals surface area contributed by atoms with Crippen molar-refractivity contribution in [3.05, 3.63) is 52.6 Å². The van der Waals surface area contributed by atoms with Crippen molar-refractivity contribution in [1.82, 2.24) is 5.32 Å². The lowest BCUT2D eigenvalue weighted by Crippen LogP contribution is -2.29. The van der Waals surface area contributed by atoms with Gasteiger partial charge in [-0.15, -0.1) is 0 Å². The molecule has 1 atom stereocenters. The lowest BCUT2D eigenvalue weighted by atomic mass is 9.85. The summed E-state index contributed by atoms with van der Waals surface area (Å²) in [4.78, 5) is 24.5. The molecule has 2 aliphatic heterocycles. The van der Waals surface area contributed by atoms with E-state index in [1.165, 1.54) is 25.3 Å².